The summed E-state index contributed by atoms with van der Waals surface area (Å²) in [6.45, 7) is 3.45. The van der Waals surface area contributed by atoms with E-state index in [2.05, 4.69) is 24.8 Å². The third-order valence-corrected chi connectivity index (χ3v) is 6.26. The minimum atomic E-state index is -1.03. The normalized spacial score (nSPS) is 21.2. The van der Waals surface area contributed by atoms with Gasteiger partial charge in [-0.05, 0) is 0 Å². The maximum atomic E-state index is 11.9. The van der Waals surface area contributed by atoms with E-state index in [0.29, 0.717) is 22.4 Å². The number of hydrogen-bond donors (Lipinski definition) is 1. The van der Waals surface area contributed by atoms with E-state index < -0.39 is 10.8 Å². The van der Waals surface area contributed by atoms with Gasteiger partial charge in [-0.3, -0.25) is 4.21 Å². The smallest absolute Gasteiger partial charge is 0.227 e. The first-order chi connectivity index (χ1) is 10.7. The highest BCUT2D eigenvalue weighted by atomic mass is 32.2. The maximum Gasteiger partial charge on any atom is 0.227 e. The average Bonchev–Trinajstić information content (AvgIpc) is 3.18. The lowest BCUT2D eigenvalue weighted by Crippen LogP contribution is -2.47. The van der Waals surface area contributed by atoms with Gasteiger partial charge < -0.3 is 15.5 Å². The molecule has 2 aromatic heterocycles. The van der Waals surface area contributed by atoms with Crippen LogP contribution >= 0.6 is 11.3 Å². The monoisotopic (exact) mass is 336 g/mol. The second-order valence-electron chi connectivity index (χ2n) is 5.27. The Labute approximate surface area is 134 Å². The van der Waals surface area contributed by atoms with Crippen molar-refractivity contribution >= 4 is 39.0 Å². The molecule has 4 rings (SSSR count). The number of hydrogen-bond acceptors (Lipinski definition) is 8. The number of fused-ring (bicyclic) bond motifs is 1. The van der Waals surface area contributed by atoms with Crippen LogP contribution in [0.1, 0.15) is 5.69 Å². The molecule has 0 bridgehead atoms. The van der Waals surface area contributed by atoms with Crippen LogP contribution in [0.5, 0.6) is 0 Å². The van der Waals surface area contributed by atoms with E-state index in [-0.39, 0.29) is 0 Å². The Morgan fingerprint density at radius 2 is 1.95 bits per heavy atom. The predicted molar refractivity (Wildman–Crippen MR) is 88.0 cm³/mol. The molecule has 116 valence electrons. The number of nitrogens with zero attached hydrogens (tertiary/aromatic N) is 5. The van der Waals surface area contributed by atoms with Gasteiger partial charge in [0.2, 0.25) is 5.95 Å². The molecule has 0 aliphatic carbocycles. The van der Waals surface area contributed by atoms with Crippen LogP contribution in [-0.4, -0.2) is 51.1 Å². The predicted octanol–water partition coefficient (Wildman–Crippen LogP) is 0.506. The second-order valence-corrected chi connectivity index (χ2v) is 7.65. The standard InChI is InChI=1S/C13H16N6OS2/c14-11-10-9(1-8-22(10)20)16-12(17-11)18-3-5-19(6-4-18)13-15-2-7-21-13/h2,7H,1,3-6,8H2,(H2,14,16,17). The van der Waals surface area contributed by atoms with Crippen molar-refractivity contribution in [2.75, 3.05) is 47.5 Å². The van der Waals surface area contributed by atoms with Crippen molar-refractivity contribution in [3.8, 4) is 0 Å². The van der Waals surface area contributed by atoms with Crippen molar-refractivity contribution in [3.05, 3.63) is 17.3 Å². The van der Waals surface area contributed by atoms with Gasteiger partial charge in [0.15, 0.2) is 5.13 Å². The summed E-state index contributed by atoms with van der Waals surface area (Å²) in [6.07, 6.45) is 2.55. The van der Waals surface area contributed by atoms with Crippen molar-refractivity contribution in [2.45, 2.75) is 11.3 Å². The van der Waals surface area contributed by atoms with E-state index in [1.165, 1.54) is 0 Å². The third-order valence-electron chi connectivity index (χ3n) is 3.95. The van der Waals surface area contributed by atoms with Crippen LogP contribution in [0.2, 0.25) is 0 Å². The van der Waals surface area contributed by atoms with Crippen LogP contribution < -0.4 is 15.5 Å². The lowest BCUT2D eigenvalue weighted by atomic mass is 10.3. The highest BCUT2D eigenvalue weighted by Gasteiger charge is 2.27. The molecule has 0 spiro atoms. The molecule has 22 heavy (non-hydrogen) atoms. The van der Waals surface area contributed by atoms with E-state index in [1.807, 2.05) is 11.6 Å². The van der Waals surface area contributed by atoms with Gasteiger partial charge in [-0.25, -0.2) is 9.97 Å². The van der Waals surface area contributed by atoms with Crippen molar-refractivity contribution in [3.63, 3.8) is 0 Å². The SMILES string of the molecule is Nc1nc(N2CCN(c3nccs3)CC2)nc2c1S(=O)CC2. The molecule has 4 heterocycles. The Balaban J connectivity index is 1.52. The molecule has 1 saturated heterocycles. The summed E-state index contributed by atoms with van der Waals surface area (Å²) in [4.78, 5) is 18.4. The van der Waals surface area contributed by atoms with Gasteiger partial charge >= 0.3 is 0 Å². The van der Waals surface area contributed by atoms with E-state index in [1.54, 1.807) is 11.3 Å². The third kappa shape index (κ3) is 2.34. The molecule has 2 aliphatic heterocycles. The molecule has 2 aliphatic rings. The van der Waals surface area contributed by atoms with Crippen molar-refractivity contribution < 1.29 is 4.21 Å². The average molecular weight is 336 g/mol. The minimum absolute atomic E-state index is 0.373. The lowest BCUT2D eigenvalue weighted by molar-refractivity contribution is 0.636. The molecule has 9 heteroatoms. The molecule has 1 atom stereocenters. The molecule has 7 nitrogen and oxygen atoms in total. The zero-order valence-corrected chi connectivity index (χ0v) is 13.6. The van der Waals surface area contributed by atoms with Crippen LogP contribution in [0.25, 0.3) is 0 Å². The lowest BCUT2D eigenvalue weighted by Gasteiger charge is -2.34. The molecule has 2 aromatic rings. The summed E-state index contributed by atoms with van der Waals surface area (Å²) in [7, 11) is -1.03. The number of aromatic nitrogens is 3. The summed E-state index contributed by atoms with van der Waals surface area (Å²) < 4.78 is 11.9. The van der Waals surface area contributed by atoms with Crippen molar-refractivity contribution in [1.29, 1.82) is 0 Å². The van der Waals surface area contributed by atoms with E-state index in [9.17, 15) is 4.21 Å². The van der Waals surface area contributed by atoms with Crippen LogP contribution in [-0.2, 0) is 17.2 Å². The van der Waals surface area contributed by atoms with Crippen LogP contribution in [0, 0.1) is 0 Å². The van der Waals surface area contributed by atoms with Gasteiger partial charge in [0, 0.05) is 49.9 Å². The second kappa shape index (κ2) is 5.47. The van der Waals surface area contributed by atoms with E-state index in [0.717, 1.165) is 43.4 Å². The number of piperazine rings is 1. The first-order valence-corrected chi connectivity index (χ1v) is 9.36. The van der Waals surface area contributed by atoms with Crippen molar-refractivity contribution in [1.82, 2.24) is 15.0 Å². The Kier molecular flexibility index (Phi) is 3.45. The minimum Gasteiger partial charge on any atom is -0.383 e. The van der Waals surface area contributed by atoms with Gasteiger partial charge in [0.1, 0.15) is 10.7 Å². The van der Waals surface area contributed by atoms with Gasteiger partial charge in [0.05, 0.1) is 16.5 Å². The number of aryl methyl sites for hydroxylation is 1. The zero-order chi connectivity index (χ0) is 15.1. The number of nitrogens with two attached hydrogens (primary N) is 1. The maximum absolute atomic E-state index is 11.9. The Hall–Kier alpha value is -1.74. The van der Waals surface area contributed by atoms with Gasteiger partial charge in [-0.2, -0.15) is 4.98 Å². The molecular weight excluding hydrogens is 320 g/mol. The number of nitrogen functional groups attached to an aromatic ring is 1. The summed E-state index contributed by atoms with van der Waals surface area (Å²) in [5, 5.41) is 3.05. The molecular formula is C13H16N6OS2. The first-order valence-electron chi connectivity index (χ1n) is 7.16. The van der Waals surface area contributed by atoms with E-state index >= 15 is 0 Å². The summed E-state index contributed by atoms with van der Waals surface area (Å²) in [5.74, 6) is 1.64. The van der Waals surface area contributed by atoms with Gasteiger partial charge in [-0.15, -0.1) is 11.3 Å². The molecule has 0 radical (unpaired) electrons. The van der Waals surface area contributed by atoms with Gasteiger partial charge in [-0.1, -0.05) is 0 Å². The largest absolute Gasteiger partial charge is 0.383 e. The fourth-order valence-corrected chi connectivity index (χ4v) is 4.79. The van der Waals surface area contributed by atoms with E-state index in [4.69, 9.17) is 5.73 Å². The number of thiazole rings is 1. The fraction of sp³-hybridized carbons (Fsp3) is 0.462. The van der Waals surface area contributed by atoms with Crippen molar-refractivity contribution in [2.24, 2.45) is 0 Å². The fourth-order valence-electron chi connectivity index (χ4n) is 2.82. The topological polar surface area (TPSA) is 88.2 Å². The molecule has 2 N–H and O–H groups in total. The summed E-state index contributed by atoms with van der Waals surface area (Å²) in [6, 6.07) is 0. The Morgan fingerprint density at radius 3 is 2.68 bits per heavy atom. The first kappa shape index (κ1) is 13.9. The quantitative estimate of drug-likeness (QED) is 0.854. The van der Waals surface area contributed by atoms with Gasteiger partial charge in [0.25, 0.3) is 0 Å². The summed E-state index contributed by atoms with van der Waals surface area (Å²) >= 11 is 1.66. The number of anilines is 3. The Bertz CT molecular complexity index is 712. The Morgan fingerprint density at radius 1 is 1.18 bits per heavy atom. The highest BCUT2D eigenvalue weighted by molar-refractivity contribution is 7.85. The van der Waals surface area contributed by atoms with Crippen LogP contribution in [0.4, 0.5) is 16.9 Å². The molecule has 0 aromatic carbocycles. The molecule has 1 fully saturated rings. The summed E-state index contributed by atoms with van der Waals surface area (Å²) in [5.41, 5.74) is 6.83. The van der Waals surface area contributed by atoms with Crippen LogP contribution in [0.3, 0.4) is 0 Å². The van der Waals surface area contributed by atoms with Crippen LogP contribution in [0.15, 0.2) is 16.5 Å². The number of rotatable bonds is 2. The molecule has 0 amide bonds. The zero-order valence-electron chi connectivity index (χ0n) is 11.9. The molecule has 0 saturated carbocycles. The highest BCUT2D eigenvalue weighted by Crippen LogP contribution is 2.28. The molecule has 1 unspecified atom stereocenters.